The highest BCUT2D eigenvalue weighted by atomic mass is 16.4. The summed E-state index contributed by atoms with van der Waals surface area (Å²) in [6.07, 6.45) is 1.06. The van der Waals surface area contributed by atoms with E-state index in [1.807, 2.05) is 0 Å². The van der Waals surface area contributed by atoms with Gasteiger partial charge < -0.3 is 10.4 Å². The van der Waals surface area contributed by atoms with Crippen LogP contribution in [0.4, 0.5) is 0 Å². The Balaban J connectivity index is 4.32. The Morgan fingerprint density at radius 1 is 1.55 bits per heavy atom. The van der Waals surface area contributed by atoms with E-state index < -0.39 is 5.97 Å². The van der Waals surface area contributed by atoms with Crippen molar-refractivity contribution in [2.75, 3.05) is 6.54 Å². The lowest BCUT2D eigenvalue weighted by Gasteiger charge is -2.01. The van der Waals surface area contributed by atoms with Gasteiger partial charge >= 0.3 is 5.97 Å². The SMILES string of the molecule is CCNC(=CC(C)=O)C(=O)O. The van der Waals surface area contributed by atoms with Crippen molar-refractivity contribution in [1.82, 2.24) is 5.32 Å². The minimum atomic E-state index is -1.11. The molecule has 0 aromatic rings. The Bertz CT molecular complexity index is 196. The average molecular weight is 157 g/mol. The van der Waals surface area contributed by atoms with Crippen LogP contribution in [-0.2, 0) is 9.59 Å². The Kier molecular flexibility index (Phi) is 3.95. The summed E-state index contributed by atoms with van der Waals surface area (Å²) < 4.78 is 0. The summed E-state index contributed by atoms with van der Waals surface area (Å²) in [6, 6.07) is 0. The first-order valence-corrected chi connectivity index (χ1v) is 3.27. The number of rotatable bonds is 4. The molecular weight excluding hydrogens is 146 g/mol. The molecular formula is C7H11NO3. The number of allylic oxidation sites excluding steroid dienone is 1. The molecule has 0 radical (unpaired) electrons. The zero-order valence-electron chi connectivity index (χ0n) is 6.55. The molecule has 0 aromatic carbocycles. The summed E-state index contributed by atoms with van der Waals surface area (Å²) in [7, 11) is 0. The van der Waals surface area contributed by atoms with Crippen LogP contribution in [0.25, 0.3) is 0 Å². The minimum absolute atomic E-state index is 0.0556. The maximum Gasteiger partial charge on any atom is 0.352 e. The van der Waals surface area contributed by atoms with Crippen LogP contribution in [0, 0.1) is 0 Å². The second-order valence-corrected chi connectivity index (χ2v) is 2.00. The molecule has 11 heavy (non-hydrogen) atoms. The first-order chi connectivity index (χ1) is 5.07. The van der Waals surface area contributed by atoms with E-state index in [2.05, 4.69) is 5.32 Å². The highest BCUT2D eigenvalue weighted by molar-refractivity contribution is 5.97. The smallest absolute Gasteiger partial charge is 0.352 e. The Morgan fingerprint density at radius 2 is 2.09 bits per heavy atom. The Morgan fingerprint density at radius 3 is 2.36 bits per heavy atom. The van der Waals surface area contributed by atoms with Crippen LogP contribution in [0.3, 0.4) is 0 Å². The zero-order valence-corrected chi connectivity index (χ0v) is 6.55. The fourth-order valence-corrected chi connectivity index (χ4v) is 0.582. The van der Waals surface area contributed by atoms with Gasteiger partial charge in [0, 0.05) is 12.6 Å². The van der Waals surface area contributed by atoms with E-state index in [1.54, 1.807) is 6.92 Å². The number of carbonyl (C=O) groups is 2. The molecule has 2 N–H and O–H groups in total. The molecule has 0 bridgehead atoms. The quantitative estimate of drug-likeness (QED) is 0.570. The zero-order chi connectivity index (χ0) is 8.85. The van der Waals surface area contributed by atoms with E-state index in [4.69, 9.17) is 5.11 Å². The van der Waals surface area contributed by atoms with Gasteiger partial charge in [-0.3, -0.25) is 4.79 Å². The molecule has 0 heterocycles. The van der Waals surface area contributed by atoms with Gasteiger partial charge in [-0.15, -0.1) is 0 Å². The third-order valence-corrected chi connectivity index (χ3v) is 0.945. The van der Waals surface area contributed by atoms with E-state index in [-0.39, 0.29) is 11.5 Å². The lowest BCUT2D eigenvalue weighted by atomic mass is 10.3. The second-order valence-electron chi connectivity index (χ2n) is 2.00. The highest BCUT2D eigenvalue weighted by Crippen LogP contribution is 1.88. The number of carbonyl (C=O) groups excluding carboxylic acids is 1. The highest BCUT2D eigenvalue weighted by Gasteiger charge is 2.05. The summed E-state index contributed by atoms with van der Waals surface area (Å²) in [6.45, 7) is 3.56. The number of aliphatic carboxylic acids is 1. The lowest BCUT2D eigenvalue weighted by Crippen LogP contribution is -2.20. The third-order valence-electron chi connectivity index (χ3n) is 0.945. The van der Waals surface area contributed by atoms with Gasteiger partial charge in [0.1, 0.15) is 5.70 Å². The standard InChI is InChI=1S/C7H11NO3/c1-3-8-6(7(10)11)4-5(2)9/h4,8H,3H2,1-2H3,(H,10,11). The van der Waals surface area contributed by atoms with Crippen molar-refractivity contribution in [3.63, 3.8) is 0 Å². The second kappa shape index (κ2) is 4.49. The van der Waals surface area contributed by atoms with Crippen LogP contribution in [-0.4, -0.2) is 23.4 Å². The van der Waals surface area contributed by atoms with Gasteiger partial charge in [0.05, 0.1) is 0 Å². The summed E-state index contributed by atoms with van der Waals surface area (Å²) in [5.41, 5.74) is -0.0556. The molecule has 62 valence electrons. The average Bonchev–Trinajstić information content (AvgIpc) is 1.86. The Labute approximate surface area is 64.9 Å². The van der Waals surface area contributed by atoms with E-state index in [0.717, 1.165) is 6.08 Å². The monoisotopic (exact) mass is 157 g/mol. The molecule has 0 aliphatic heterocycles. The van der Waals surface area contributed by atoms with Crippen LogP contribution in [0.2, 0.25) is 0 Å². The van der Waals surface area contributed by atoms with Gasteiger partial charge in [-0.1, -0.05) is 0 Å². The number of hydrogen-bond donors (Lipinski definition) is 2. The van der Waals surface area contributed by atoms with Gasteiger partial charge in [0.2, 0.25) is 0 Å². The van der Waals surface area contributed by atoms with Crippen molar-refractivity contribution < 1.29 is 14.7 Å². The molecule has 0 saturated heterocycles. The van der Waals surface area contributed by atoms with Crippen molar-refractivity contribution in [2.24, 2.45) is 0 Å². The van der Waals surface area contributed by atoms with Gasteiger partial charge in [-0.25, -0.2) is 4.79 Å². The number of ketones is 1. The predicted octanol–water partition coefficient (Wildman–Crippen LogP) is 0.153. The van der Waals surface area contributed by atoms with Gasteiger partial charge in [-0.05, 0) is 13.8 Å². The van der Waals surface area contributed by atoms with Crippen molar-refractivity contribution in [2.45, 2.75) is 13.8 Å². The van der Waals surface area contributed by atoms with Crippen LogP contribution in [0.1, 0.15) is 13.8 Å². The van der Waals surface area contributed by atoms with E-state index in [0.29, 0.717) is 6.54 Å². The van der Waals surface area contributed by atoms with Crippen molar-refractivity contribution in [3.8, 4) is 0 Å². The first kappa shape index (κ1) is 9.68. The molecule has 0 amide bonds. The lowest BCUT2D eigenvalue weighted by molar-refractivity contribution is -0.133. The summed E-state index contributed by atoms with van der Waals surface area (Å²) >= 11 is 0. The number of carboxylic acid groups (broad SMARTS) is 1. The van der Waals surface area contributed by atoms with Crippen LogP contribution in [0.5, 0.6) is 0 Å². The molecule has 0 aromatic heterocycles. The number of nitrogens with one attached hydrogen (secondary N) is 1. The van der Waals surface area contributed by atoms with Gasteiger partial charge in [0.25, 0.3) is 0 Å². The summed E-state index contributed by atoms with van der Waals surface area (Å²) in [5, 5.41) is 11.0. The summed E-state index contributed by atoms with van der Waals surface area (Å²) in [5.74, 6) is -1.38. The first-order valence-electron chi connectivity index (χ1n) is 3.27. The van der Waals surface area contributed by atoms with Crippen molar-refractivity contribution >= 4 is 11.8 Å². The molecule has 0 rings (SSSR count). The predicted molar refractivity (Wildman–Crippen MR) is 40.1 cm³/mol. The number of hydrogen-bond acceptors (Lipinski definition) is 3. The molecule has 0 unspecified atom stereocenters. The van der Waals surface area contributed by atoms with Crippen molar-refractivity contribution in [3.05, 3.63) is 11.8 Å². The molecule has 0 saturated carbocycles. The van der Waals surface area contributed by atoms with Gasteiger partial charge in [-0.2, -0.15) is 0 Å². The van der Waals surface area contributed by atoms with Crippen LogP contribution in [0.15, 0.2) is 11.8 Å². The molecule has 0 aliphatic rings. The number of likely N-dealkylation sites (N-methyl/N-ethyl adjacent to an activating group) is 1. The van der Waals surface area contributed by atoms with Crippen LogP contribution >= 0.6 is 0 Å². The molecule has 0 spiro atoms. The van der Waals surface area contributed by atoms with E-state index in [9.17, 15) is 9.59 Å². The van der Waals surface area contributed by atoms with E-state index >= 15 is 0 Å². The van der Waals surface area contributed by atoms with Crippen LogP contribution < -0.4 is 5.32 Å². The maximum absolute atomic E-state index is 10.5. The molecule has 0 aliphatic carbocycles. The normalized spacial score (nSPS) is 10.9. The van der Waals surface area contributed by atoms with E-state index in [1.165, 1.54) is 6.92 Å². The fraction of sp³-hybridized carbons (Fsp3) is 0.429. The molecule has 0 atom stereocenters. The fourth-order valence-electron chi connectivity index (χ4n) is 0.582. The largest absolute Gasteiger partial charge is 0.477 e. The van der Waals surface area contributed by atoms with Crippen molar-refractivity contribution in [1.29, 1.82) is 0 Å². The van der Waals surface area contributed by atoms with Gasteiger partial charge in [0.15, 0.2) is 5.78 Å². The number of carboxylic acids is 1. The molecule has 4 nitrogen and oxygen atoms in total. The molecule has 4 heteroatoms. The topological polar surface area (TPSA) is 66.4 Å². The molecule has 0 fully saturated rings. The Hall–Kier alpha value is -1.32. The minimum Gasteiger partial charge on any atom is -0.477 e. The third kappa shape index (κ3) is 4.13. The summed E-state index contributed by atoms with van der Waals surface area (Å²) in [4.78, 5) is 20.8. The maximum atomic E-state index is 10.5.